The Kier molecular flexibility index (Phi) is 8.10. The van der Waals surface area contributed by atoms with Gasteiger partial charge in [-0.25, -0.2) is 9.18 Å². The molecule has 0 aromatic heterocycles. The quantitative estimate of drug-likeness (QED) is 0.331. The van der Waals surface area contributed by atoms with Crippen molar-refractivity contribution in [1.29, 1.82) is 0 Å². The fourth-order valence-electron chi connectivity index (χ4n) is 3.31. The van der Waals surface area contributed by atoms with Gasteiger partial charge in [0.1, 0.15) is 23.1 Å². The van der Waals surface area contributed by atoms with Crippen LogP contribution in [-0.2, 0) is 17.4 Å². The smallest absolute Gasteiger partial charge is 0.416 e. The van der Waals surface area contributed by atoms with Crippen molar-refractivity contribution in [2.75, 3.05) is 6.54 Å². The first kappa shape index (κ1) is 27.5. The van der Waals surface area contributed by atoms with E-state index in [0.717, 1.165) is 11.6 Å². The van der Waals surface area contributed by atoms with Crippen LogP contribution in [0.1, 0.15) is 40.9 Å². The number of aryl methyl sites for hydroxylation is 1. The number of aliphatic carboxylic acids is 1. The van der Waals surface area contributed by atoms with Crippen LogP contribution in [0.15, 0.2) is 60.7 Å². The van der Waals surface area contributed by atoms with Crippen molar-refractivity contribution in [2.45, 2.75) is 39.0 Å². The molecule has 37 heavy (non-hydrogen) atoms. The summed E-state index contributed by atoms with van der Waals surface area (Å²) in [5.41, 5.74) is -1.55. The van der Waals surface area contributed by atoms with Crippen LogP contribution in [0.5, 0.6) is 17.2 Å². The lowest BCUT2D eigenvalue weighted by Crippen LogP contribution is -2.38. The van der Waals surface area contributed by atoms with Gasteiger partial charge in [-0.3, -0.25) is 4.79 Å². The van der Waals surface area contributed by atoms with Crippen molar-refractivity contribution >= 4 is 11.9 Å². The van der Waals surface area contributed by atoms with Gasteiger partial charge < -0.3 is 19.9 Å². The fraction of sp³-hybridized carbons (Fsp3) is 0.259. The van der Waals surface area contributed by atoms with Gasteiger partial charge in [-0.05, 0) is 86.8 Å². The molecule has 0 aliphatic rings. The van der Waals surface area contributed by atoms with Gasteiger partial charge >= 0.3 is 12.1 Å². The molecule has 196 valence electrons. The number of hydrogen-bond acceptors (Lipinski definition) is 4. The molecule has 3 aromatic rings. The first-order valence-corrected chi connectivity index (χ1v) is 11.2. The third-order valence-electron chi connectivity index (χ3n) is 5.40. The minimum absolute atomic E-state index is 0.118. The van der Waals surface area contributed by atoms with Gasteiger partial charge in [0.15, 0.2) is 5.60 Å². The molecule has 0 spiro atoms. The zero-order valence-electron chi connectivity index (χ0n) is 20.3. The third kappa shape index (κ3) is 7.22. The summed E-state index contributed by atoms with van der Waals surface area (Å²) in [6.45, 7) is 4.78. The number of carboxylic acids is 1. The molecule has 0 bridgehead atoms. The number of ether oxygens (including phenoxy) is 2. The maximum absolute atomic E-state index is 14.0. The summed E-state index contributed by atoms with van der Waals surface area (Å²) in [6.07, 6.45) is -4.34. The summed E-state index contributed by atoms with van der Waals surface area (Å²) >= 11 is 0. The van der Waals surface area contributed by atoms with Crippen molar-refractivity contribution in [3.05, 3.63) is 88.7 Å². The Morgan fingerprint density at radius 2 is 1.68 bits per heavy atom. The molecule has 0 radical (unpaired) electrons. The molecule has 0 unspecified atom stereocenters. The molecule has 0 fully saturated rings. The van der Waals surface area contributed by atoms with Crippen LogP contribution in [0.3, 0.4) is 0 Å². The second-order valence-electron chi connectivity index (χ2n) is 8.79. The number of carbonyl (C=O) groups excluding carboxylic acids is 1. The van der Waals surface area contributed by atoms with Gasteiger partial charge in [0.2, 0.25) is 0 Å². The van der Waals surface area contributed by atoms with Gasteiger partial charge in [-0.1, -0.05) is 12.1 Å². The van der Waals surface area contributed by atoms with Crippen LogP contribution in [0, 0.1) is 12.7 Å². The summed E-state index contributed by atoms with van der Waals surface area (Å²) < 4.78 is 63.5. The molecule has 2 N–H and O–H groups in total. The number of alkyl halides is 3. The fourth-order valence-corrected chi connectivity index (χ4v) is 3.31. The maximum atomic E-state index is 14.0. The molecule has 10 heteroatoms. The van der Waals surface area contributed by atoms with Crippen molar-refractivity contribution < 1.29 is 41.7 Å². The normalized spacial score (nSPS) is 11.6. The lowest BCUT2D eigenvalue weighted by molar-refractivity contribution is -0.152. The van der Waals surface area contributed by atoms with E-state index in [1.165, 1.54) is 13.8 Å². The Morgan fingerprint density at radius 1 is 0.973 bits per heavy atom. The maximum Gasteiger partial charge on any atom is 0.416 e. The molecule has 1 amide bonds. The van der Waals surface area contributed by atoms with Gasteiger partial charge in [-0.2, -0.15) is 13.2 Å². The summed E-state index contributed by atoms with van der Waals surface area (Å²) in [5, 5.41) is 11.7. The molecule has 0 atom stereocenters. The van der Waals surface area contributed by atoms with E-state index in [9.17, 15) is 32.3 Å². The first-order chi connectivity index (χ1) is 17.3. The highest BCUT2D eigenvalue weighted by Crippen LogP contribution is 2.31. The Balaban J connectivity index is 1.59. The number of amides is 1. The second-order valence-corrected chi connectivity index (χ2v) is 8.79. The number of halogens is 4. The molecular formula is C27H25F4NO5. The molecule has 3 rings (SSSR count). The predicted octanol–water partition coefficient (Wildman–Crippen LogP) is 6.16. The SMILES string of the molecule is Cc1cc(Oc2cccc(CCNC(=O)c3ccc(C(F)(F)F)cc3F)c2)ccc1OC(C)(C)C(=O)O. The van der Waals surface area contributed by atoms with Crippen molar-refractivity contribution in [2.24, 2.45) is 0 Å². The standard InChI is InChI=1S/C27H25F4NO5/c1-16-13-20(8-10-23(16)37-26(2,3)25(34)35)36-19-6-4-5-17(14-19)11-12-32-24(33)21-9-7-18(15-22(21)28)27(29,30)31/h4-10,13-15H,11-12H2,1-3H3,(H,32,33)(H,34,35). The van der Waals surface area contributed by atoms with Crippen LogP contribution in [0.2, 0.25) is 0 Å². The van der Waals surface area contributed by atoms with Gasteiger partial charge in [-0.15, -0.1) is 0 Å². The summed E-state index contributed by atoms with van der Waals surface area (Å²) in [4.78, 5) is 23.5. The lowest BCUT2D eigenvalue weighted by atomic mass is 10.1. The van der Waals surface area contributed by atoms with Gasteiger partial charge in [0, 0.05) is 6.54 Å². The molecule has 0 heterocycles. The van der Waals surface area contributed by atoms with E-state index in [1.807, 2.05) is 0 Å². The van der Waals surface area contributed by atoms with E-state index >= 15 is 0 Å². The summed E-state index contributed by atoms with van der Waals surface area (Å²) in [5.74, 6) is -1.74. The van der Waals surface area contributed by atoms with E-state index in [1.54, 1.807) is 49.4 Å². The lowest BCUT2D eigenvalue weighted by Gasteiger charge is -2.23. The largest absolute Gasteiger partial charge is 0.478 e. The molecule has 0 saturated heterocycles. The topological polar surface area (TPSA) is 84.9 Å². The molecule has 0 aliphatic heterocycles. The van der Waals surface area contributed by atoms with Crippen LogP contribution in [0.25, 0.3) is 0 Å². The van der Waals surface area contributed by atoms with E-state index < -0.39 is 40.6 Å². The minimum atomic E-state index is -4.70. The van der Waals surface area contributed by atoms with Crippen molar-refractivity contribution in [1.82, 2.24) is 5.32 Å². The van der Waals surface area contributed by atoms with E-state index in [0.29, 0.717) is 41.4 Å². The minimum Gasteiger partial charge on any atom is -0.478 e. The van der Waals surface area contributed by atoms with Gasteiger partial charge in [0.05, 0.1) is 11.1 Å². The van der Waals surface area contributed by atoms with E-state index in [4.69, 9.17) is 9.47 Å². The van der Waals surface area contributed by atoms with Crippen LogP contribution >= 0.6 is 0 Å². The number of carboxylic acid groups (broad SMARTS) is 1. The van der Waals surface area contributed by atoms with Crippen molar-refractivity contribution in [3.8, 4) is 17.2 Å². The number of rotatable bonds is 9. The monoisotopic (exact) mass is 519 g/mol. The second kappa shape index (κ2) is 10.9. The zero-order chi connectivity index (χ0) is 27.4. The Bertz CT molecular complexity index is 1300. The summed E-state index contributed by atoms with van der Waals surface area (Å²) in [6, 6.07) is 13.8. The Hall–Kier alpha value is -4.08. The van der Waals surface area contributed by atoms with E-state index in [2.05, 4.69) is 5.32 Å². The van der Waals surface area contributed by atoms with Crippen molar-refractivity contribution in [3.63, 3.8) is 0 Å². The van der Waals surface area contributed by atoms with E-state index in [-0.39, 0.29) is 6.54 Å². The molecule has 6 nitrogen and oxygen atoms in total. The number of nitrogens with one attached hydrogen (secondary N) is 1. The average Bonchev–Trinajstić information content (AvgIpc) is 2.80. The number of hydrogen-bond donors (Lipinski definition) is 2. The number of carbonyl (C=O) groups is 2. The highest BCUT2D eigenvalue weighted by atomic mass is 19.4. The van der Waals surface area contributed by atoms with Crippen LogP contribution in [-0.4, -0.2) is 29.1 Å². The molecular weight excluding hydrogens is 494 g/mol. The zero-order valence-corrected chi connectivity index (χ0v) is 20.3. The number of benzene rings is 3. The molecule has 3 aromatic carbocycles. The average molecular weight is 519 g/mol. The summed E-state index contributed by atoms with van der Waals surface area (Å²) in [7, 11) is 0. The highest BCUT2D eigenvalue weighted by Gasteiger charge is 2.32. The third-order valence-corrected chi connectivity index (χ3v) is 5.40. The van der Waals surface area contributed by atoms with Crippen LogP contribution in [0.4, 0.5) is 17.6 Å². The Labute approximate surface area is 210 Å². The molecule has 0 aliphatic carbocycles. The highest BCUT2D eigenvalue weighted by molar-refractivity contribution is 5.94. The predicted molar refractivity (Wildman–Crippen MR) is 127 cm³/mol. The van der Waals surface area contributed by atoms with Gasteiger partial charge in [0.25, 0.3) is 5.91 Å². The first-order valence-electron chi connectivity index (χ1n) is 11.2. The molecule has 0 saturated carbocycles. The Morgan fingerprint density at radius 3 is 2.30 bits per heavy atom. The van der Waals surface area contributed by atoms with Crippen LogP contribution < -0.4 is 14.8 Å².